The number of carbonyl (C=O) groups excluding carboxylic acids is 1. The molecule has 0 spiro atoms. The van der Waals surface area contributed by atoms with Gasteiger partial charge in [-0.05, 0) is 22.9 Å². The molecule has 0 aliphatic heterocycles. The number of aromatic nitrogens is 3. The van der Waals surface area contributed by atoms with Crippen LogP contribution in [0.1, 0.15) is 16.3 Å². The van der Waals surface area contributed by atoms with Gasteiger partial charge in [0, 0.05) is 7.05 Å². The highest BCUT2D eigenvalue weighted by Crippen LogP contribution is 2.31. The average molecular weight is 304 g/mol. The second-order valence-electron chi connectivity index (χ2n) is 3.18. The fourth-order valence-corrected chi connectivity index (χ4v) is 2.48. The number of amides is 1. The van der Waals surface area contributed by atoms with Crippen molar-refractivity contribution >= 4 is 44.5 Å². The topological polar surface area (TPSA) is 70.7 Å². The smallest absolute Gasteiger partial charge is 0.268 e. The molecule has 0 atom stereocenters. The van der Waals surface area contributed by atoms with Gasteiger partial charge in [0.05, 0.1) is 9.86 Å². The van der Waals surface area contributed by atoms with Crippen molar-refractivity contribution in [1.29, 1.82) is 0 Å². The molecule has 0 aliphatic rings. The van der Waals surface area contributed by atoms with Crippen LogP contribution in [0.3, 0.4) is 0 Å². The maximum absolute atomic E-state index is 11.5. The van der Waals surface area contributed by atoms with Gasteiger partial charge in [0.2, 0.25) is 0 Å². The fourth-order valence-electron chi connectivity index (χ4n) is 1.40. The van der Waals surface area contributed by atoms with Gasteiger partial charge in [-0.15, -0.1) is 0 Å². The maximum Gasteiger partial charge on any atom is 0.268 e. The number of H-pyrrole nitrogens is 1. The maximum atomic E-state index is 11.5. The van der Waals surface area contributed by atoms with E-state index in [1.807, 2.05) is 0 Å². The van der Waals surface area contributed by atoms with Crippen LogP contribution in [-0.2, 0) is 0 Å². The standard InChI is InChI=1S/C9H8BrClN4O/c1-3-13-7(11)4-5(10)6(9(16)12-2)15-8(4)14-3/h1-2H3,(H,12,16)(H,13,14,15). The van der Waals surface area contributed by atoms with Gasteiger partial charge in [-0.2, -0.15) is 0 Å². The molecule has 0 fully saturated rings. The van der Waals surface area contributed by atoms with Crippen LogP contribution < -0.4 is 5.32 Å². The van der Waals surface area contributed by atoms with Crippen molar-refractivity contribution < 1.29 is 4.79 Å². The normalized spacial score (nSPS) is 10.8. The van der Waals surface area contributed by atoms with Crippen molar-refractivity contribution in [3.63, 3.8) is 0 Å². The SMILES string of the molecule is CNC(=O)c1[nH]c2nc(C)nc(Cl)c2c1Br. The lowest BCUT2D eigenvalue weighted by Crippen LogP contribution is -2.18. The van der Waals surface area contributed by atoms with Crippen molar-refractivity contribution in [3.05, 3.63) is 21.1 Å². The minimum absolute atomic E-state index is 0.237. The fraction of sp³-hybridized carbons (Fsp3) is 0.222. The number of rotatable bonds is 1. The number of aromatic amines is 1. The third-order valence-corrected chi connectivity index (χ3v) is 3.18. The summed E-state index contributed by atoms with van der Waals surface area (Å²) in [6.45, 7) is 1.74. The first-order chi connectivity index (χ1) is 7.54. The third kappa shape index (κ3) is 1.68. The Labute approximate surface area is 105 Å². The summed E-state index contributed by atoms with van der Waals surface area (Å²) in [4.78, 5) is 22.6. The van der Waals surface area contributed by atoms with Crippen LogP contribution in [0.4, 0.5) is 0 Å². The number of fused-ring (bicyclic) bond motifs is 1. The van der Waals surface area contributed by atoms with E-state index in [0.29, 0.717) is 32.2 Å². The number of carbonyl (C=O) groups is 1. The molecule has 0 saturated heterocycles. The highest BCUT2D eigenvalue weighted by Gasteiger charge is 2.18. The predicted octanol–water partition coefficient (Wildman–Crippen LogP) is 2.04. The Morgan fingerprint density at radius 2 is 2.19 bits per heavy atom. The second kappa shape index (κ2) is 4.03. The van der Waals surface area contributed by atoms with Gasteiger partial charge in [-0.25, -0.2) is 9.97 Å². The molecule has 84 valence electrons. The van der Waals surface area contributed by atoms with Crippen LogP contribution >= 0.6 is 27.5 Å². The molecule has 0 saturated carbocycles. The van der Waals surface area contributed by atoms with Crippen molar-refractivity contribution in [3.8, 4) is 0 Å². The highest BCUT2D eigenvalue weighted by atomic mass is 79.9. The Kier molecular flexibility index (Phi) is 2.86. The molecule has 1 amide bonds. The van der Waals surface area contributed by atoms with E-state index in [-0.39, 0.29) is 5.91 Å². The van der Waals surface area contributed by atoms with Crippen molar-refractivity contribution in [1.82, 2.24) is 20.3 Å². The third-order valence-electron chi connectivity index (χ3n) is 2.11. The number of nitrogens with zero attached hydrogens (tertiary/aromatic N) is 2. The minimum Gasteiger partial charge on any atom is -0.354 e. The zero-order valence-electron chi connectivity index (χ0n) is 8.56. The molecular formula is C9H8BrClN4O. The van der Waals surface area contributed by atoms with Gasteiger partial charge >= 0.3 is 0 Å². The summed E-state index contributed by atoms with van der Waals surface area (Å²) in [6, 6.07) is 0. The summed E-state index contributed by atoms with van der Waals surface area (Å²) in [7, 11) is 1.55. The lowest BCUT2D eigenvalue weighted by Gasteiger charge is -1.96. The number of hydrogen-bond donors (Lipinski definition) is 2. The van der Waals surface area contributed by atoms with Gasteiger partial charge in [0.25, 0.3) is 5.91 Å². The van der Waals surface area contributed by atoms with Crippen LogP contribution in [-0.4, -0.2) is 27.9 Å². The summed E-state index contributed by atoms with van der Waals surface area (Å²) < 4.78 is 0.576. The summed E-state index contributed by atoms with van der Waals surface area (Å²) in [6.07, 6.45) is 0. The molecule has 16 heavy (non-hydrogen) atoms. The van der Waals surface area contributed by atoms with Crippen LogP contribution in [0.25, 0.3) is 11.0 Å². The molecule has 0 radical (unpaired) electrons. The number of aryl methyl sites for hydroxylation is 1. The molecule has 0 aliphatic carbocycles. The lowest BCUT2D eigenvalue weighted by molar-refractivity contribution is 0.0958. The van der Waals surface area contributed by atoms with E-state index in [4.69, 9.17) is 11.6 Å². The molecule has 0 unspecified atom stereocenters. The Hall–Kier alpha value is -1.14. The van der Waals surface area contributed by atoms with E-state index in [1.54, 1.807) is 14.0 Å². The largest absolute Gasteiger partial charge is 0.354 e. The van der Waals surface area contributed by atoms with Gasteiger partial charge < -0.3 is 10.3 Å². The summed E-state index contributed by atoms with van der Waals surface area (Å²) in [5.74, 6) is 0.313. The van der Waals surface area contributed by atoms with Crippen LogP contribution in [0, 0.1) is 6.92 Å². The van der Waals surface area contributed by atoms with E-state index in [9.17, 15) is 4.79 Å². The first kappa shape index (κ1) is 11.3. The zero-order chi connectivity index (χ0) is 11.9. The molecule has 7 heteroatoms. The lowest BCUT2D eigenvalue weighted by atomic mass is 10.3. The van der Waals surface area contributed by atoms with E-state index in [2.05, 4.69) is 36.2 Å². The molecule has 2 N–H and O–H groups in total. The van der Waals surface area contributed by atoms with Crippen LogP contribution in [0.2, 0.25) is 5.15 Å². The number of halogens is 2. The summed E-state index contributed by atoms with van der Waals surface area (Å²) in [5.41, 5.74) is 0.933. The minimum atomic E-state index is -0.237. The first-order valence-electron chi connectivity index (χ1n) is 4.48. The zero-order valence-corrected chi connectivity index (χ0v) is 10.9. The van der Waals surface area contributed by atoms with Gasteiger partial charge in [-0.3, -0.25) is 4.79 Å². The van der Waals surface area contributed by atoms with E-state index < -0.39 is 0 Å². The Balaban J connectivity index is 2.78. The Morgan fingerprint density at radius 3 is 2.81 bits per heavy atom. The monoisotopic (exact) mass is 302 g/mol. The number of hydrogen-bond acceptors (Lipinski definition) is 3. The van der Waals surface area contributed by atoms with Crippen molar-refractivity contribution in [2.24, 2.45) is 0 Å². The quantitative estimate of drug-likeness (QED) is 0.792. The molecule has 2 aromatic rings. The summed E-state index contributed by atoms with van der Waals surface area (Å²) in [5, 5.41) is 3.46. The molecule has 2 heterocycles. The Morgan fingerprint density at radius 1 is 1.50 bits per heavy atom. The van der Waals surface area contributed by atoms with E-state index in [0.717, 1.165) is 0 Å². The van der Waals surface area contributed by atoms with Gasteiger partial charge in [-0.1, -0.05) is 11.6 Å². The van der Waals surface area contributed by atoms with Gasteiger partial charge in [0.15, 0.2) is 0 Å². The average Bonchev–Trinajstić information content (AvgIpc) is 2.54. The van der Waals surface area contributed by atoms with Gasteiger partial charge in [0.1, 0.15) is 22.3 Å². The second-order valence-corrected chi connectivity index (χ2v) is 4.33. The van der Waals surface area contributed by atoms with Crippen molar-refractivity contribution in [2.45, 2.75) is 6.92 Å². The predicted molar refractivity (Wildman–Crippen MR) is 64.7 cm³/mol. The highest BCUT2D eigenvalue weighted by molar-refractivity contribution is 9.10. The summed E-state index contributed by atoms with van der Waals surface area (Å²) >= 11 is 9.31. The molecule has 0 bridgehead atoms. The molecular weight excluding hydrogens is 295 g/mol. The Bertz CT molecular complexity index is 580. The molecule has 2 rings (SSSR count). The molecule has 0 aromatic carbocycles. The van der Waals surface area contributed by atoms with Crippen LogP contribution in [0.15, 0.2) is 4.47 Å². The number of nitrogens with one attached hydrogen (secondary N) is 2. The molecule has 2 aromatic heterocycles. The van der Waals surface area contributed by atoms with Crippen molar-refractivity contribution in [2.75, 3.05) is 7.05 Å². The molecule has 5 nitrogen and oxygen atoms in total. The van der Waals surface area contributed by atoms with E-state index in [1.165, 1.54) is 0 Å². The van der Waals surface area contributed by atoms with E-state index >= 15 is 0 Å². The first-order valence-corrected chi connectivity index (χ1v) is 5.65. The van der Waals surface area contributed by atoms with Crippen LogP contribution in [0.5, 0.6) is 0 Å².